The summed E-state index contributed by atoms with van der Waals surface area (Å²) in [5, 5.41) is 9.00. The van der Waals surface area contributed by atoms with Gasteiger partial charge < -0.3 is 9.32 Å². The smallest absolute Gasteiger partial charge is 0.245 e. The molecule has 130 valence electrons. The number of anilines is 1. The zero-order valence-corrected chi connectivity index (χ0v) is 13.7. The van der Waals surface area contributed by atoms with Crippen molar-refractivity contribution < 1.29 is 13.2 Å². The van der Waals surface area contributed by atoms with Crippen LogP contribution in [0.3, 0.4) is 0 Å². The molecule has 7 heteroatoms. The summed E-state index contributed by atoms with van der Waals surface area (Å²) in [5.41, 5.74) is 1.53. The maximum Gasteiger partial charge on any atom is 0.245 e. The SMILES string of the molecule is N#Cc1cc(N2CCCc3oc(-c4ccccn4)nc3C2)cc(F)c1F. The third kappa shape index (κ3) is 2.90. The van der Waals surface area contributed by atoms with Crippen LogP contribution in [0, 0.1) is 23.0 Å². The first kappa shape index (κ1) is 16.2. The molecular formula is C19H14F2N4O. The Morgan fingerprint density at radius 2 is 2.12 bits per heavy atom. The van der Waals surface area contributed by atoms with E-state index in [9.17, 15) is 8.78 Å². The topological polar surface area (TPSA) is 66.0 Å². The summed E-state index contributed by atoms with van der Waals surface area (Å²) in [4.78, 5) is 10.7. The lowest BCUT2D eigenvalue weighted by molar-refractivity contribution is 0.505. The van der Waals surface area contributed by atoms with Gasteiger partial charge in [-0.1, -0.05) is 6.07 Å². The molecule has 0 N–H and O–H groups in total. The second-order valence-electron chi connectivity index (χ2n) is 6.03. The third-order valence-electron chi connectivity index (χ3n) is 4.33. The highest BCUT2D eigenvalue weighted by Crippen LogP contribution is 2.29. The van der Waals surface area contributed by atoms with Crippen molar-refractivity contribution in [3.63, 3.8) is 0 Å². The summed E-state index contributed by atoms with van der Waals surface area (Å²) in [7, 11) is 0. The average Bonchev–Trinajstić information content (AvgIpc) is 2.96. The molecule has 1 aliphatic heterocycles. The first-order valence-electron chi connectivity index (χ1n) is 8.20. The van der Waals surface area contributed by atoms with Crippen LogP contribution in [0.2, 0.25) is 0 Å². The zero-order valence-electron chi connectivity index (χ0n) is 13.7. The molecule has 0 amide bonds. The normalized spacial score (nSPS) is 13.8. The van der Waals surface area contributed by atoms with E-state index < -0.39 is 11.6 Å². The Hall–Kier alpha value is -3.27. The van der Waals surface area contributed by atoms with E-state index in [4.69, 9.17) is 9.68 Å². The molecule has 0 aliphatic carbocycles. The van der Waals surface area contributed by atoms with E-state index in [-0.39, 0.29) is 5.56 Å². The molecular weight excluding hydrogens is 338 g/mol. The Labute approximate surface area is 148 Å². The van der Waals surface area contributed by atoms with E-state index in [0.29, 0.717) is 36.8 Å². The molecule has 1 aliphatic rings. The minimum absolute atomic E-state index is 0.307. The van der Waals surface area contributed by atoms with E-state index in [2.05, 4.69) is 9.97 Å². The van der Waals surface area contributed by atoms with Crippen molar-refractivity contribution in [2.45, 2.75) is 19.4 Å². The monoisotopic (exact) mass is 352 g/mol. The third-order valence-corrected chi connectivity index (χ3v) is 4.33. The van der Waals surface area contributed by atoms with Crippen molar-refractivity contribution in [2.24, 2.45) is 0 Å². The lowest BCUT2D eigenvalue weighted by atomic mass is 10.1. The van der Waals surface area contributed by atoms with E-state index >= 15 is 0 Å². The van der Waals surface area contributed by atoms with Gasteiger partial charge in [0.25, 0.3) is 0 Å². The molecule has 1 aromatic carbocycles. The van der Waals surface area contributed by atoms with Crippen LogP contribution in [0.25, 0.3) is 11.6 Å². The van der Waals surface area contributed by atoms with Crippen molar-refractivity contribution in [2.75, 3.05) is 11.4 Å². The van der Waals surface area contributed by atoms with Crippen LogP contribution in [0.15, 0.2) is 40.9 Å². The second-order valence-corrected chi connectivity index (χ2v) is 6.03. The van der Waals surface area contributed by atoms with Gasteiger partial charge in [-0.3, -0.25) is 4.98 Å². The van der Waals surface area contributed by atoms with Crippen molar-refractivity contribution in [3.8, 4) is 17.7 Å². The Balaban J connectivity index is 1.68. The minimum Gasteiger partial charge on any atom is -0.440 e. The minimum atomic E-state index is -1.12. The standard InChI is InChI=1S/C19H14F2N4O/c20-14-9-13(8-12(10-22)18(14)21)25-7-3-5-17-16(11-25)24-19(26-17)15-4-1-2-6-23-15/h1-2,4,6,8-9H,3,5,7,11H2. The fourth-order valence-electron chi connectivity index (χ4n) is 3.05. The van der Waals surface area contributed by atoms with E-state index in [1.54, 1.807) is 12.3 Å². The van der Waals surface area contributed by atoms with Crippen LogP contribution in [0.5, 0.6) is 0 Å². The van der Waals surface area contributed by atoms with Gasteiger partial charge in [-0.05, 0) is 24.6 Å². The number of hydrogen-bond acceptors (Lipinski definition) is 5. The molecule has 0 saturated heterocycles. The molecule has 0 bridgehead atoms. The lowest BCUT2D eigenvalue weighted by Crippen LogP contribution is -2.23. The van der Waals surface area contributed by atoms with Gasteiger partial charge in [0.15, 0.2) is 11.6 Å². The highest BCUT2D eigenvalue weighted by atomic mass is 19.2. The average molecular weight is 352 g/mol. The fourth-order valence-corrected chi connectivity index (χ4v) is 3.05. The number of nitrogens with zero attached hydrogens (tertiary/aromatic N) is 4. The number of oxazole rings is 1. The van der Waals surface area contributed by atoms with E-state index in [1.807, 2.05) is 23.1 Å². The van der Waals surface area contributed by atoms with Crippen LogP contribution in [0.1, 0.15) is 23.4 Å². The Morgan fingerprint density at radius 3 is 2.88 bits per heavy atom. The summed E-state index contributed by atoms with van der Waals surface area (Å²) in [6.07, 6.45) is 3.13. The Morgan fingerprint density at radius 1 is 1.23 bits per heavy atom. The number of fused-ring (bicyclic) bond motifs is 1. The van der Waals surface area contributed by atoms with Crippen LogP contribution in [-0.4, -0.2) is 16.5 Å². The molecule has 0 saturated carbocycles. The van der Waals surface area contributed by atoms with Gasteiger partial charge in [0.05, 0.1) is 12.1 Å². The number of rotatable bonds is 2. The summed E-state index contributed by atoms with van der Waals surface area (Å²) in [5.74, 6) is -0.930. The van der Waals surface area contributed by atoms with Crippen LogP contribution in [0.4, 0.5) is 14.5 Å². The molecule has 2 aromatic heterocycles. The summed E-state index contributed by atoms with van der Waals surface area (Å²) >= 11 is 0. The number of aromatic nitrogens is 2. The largest absolute Gasteiger partial charge is 0.440 e. The molecule has 3 aromatic rings. The van der Waals surface area contributed by atoms with Gasteiger partial charge in [-0.25, -0.2) is 13.8 Å². The van der Waals surface area contributed by atoms with E-state index in [0.717, 1.165) is 23.9 Å². The van der Waals surface area contributed by atoms with Gasteiger partial charge in [-0.15, -0.1) is 0 Å². The van der Waals surface area contributed by atoms with Crippen molar-refractivity contribution in [1.29, 1.82) is 5.26 Å². The summed E-state index contributed by atoms with van der Waals surface area (Å²) in [6.45, 7) is 1.02. The van der Waals surface area contributed by atoms with Crippen LogP contribution >= 0.6 is 0 Å². The van der Waals surface area contributed by atoms with Crippen LogP contribution < -0.4 is 4.90 Å². The zero-order chi connectivity index (χ0) is 18.1. The predicted octanol–water partition coefficient (Wildman–Crippen LogP) is 3.84. The lowest BCUT2D eigenvalue weighted by Gasteiger charge is -2.22. The highest BCUT2D eigenvalue weighted by Gasteiger charge is 2.23. The van der Waals surface area contributed by atoms with Crippen molar-refractivity contribution >= 4 is 5.69 Å². The van der Waals surface area contributed by atoms with Gasteiger partial charge in [0.1, 0.15) is 23.2 Å². The number of nitriles is 1. The van der Waals surface area contributed by atoms with Crippen molar-refractivity contribution in [1.82, 2.24) is 9.97 Å². The molecule has 3 heterocycles. The van der Waals surface area contributed by atoms with Gasteiger partial charge in [0, 0.05) is 30.9 Å². The fraction of sp³-hybridized carbons (Fsp3) is 0.211. The summed E-state index contributed by atoms with van der Waals surface area (Å²) in [6, 6.07) is 9.66. The summed E-state index contributed by atoms with van der Waals surface area (Å²) < 4.78 is 33.3. The molecule has 26 heavy (non-hydrogen) atoms. The second kappa shape index (κ2) is 6.56. The molecule has 4 rings (SSSR count). The van der Waals surface area contributed by atoms with Gasteiger partial charge in [0.2, 0.25) is 5.89 Å². The maximum atomic E-state index is 13.8. The first-order chi connectivity index (χ1) is 12.7. The molecule has 0 atom stereocenters. The molecule has 0 unspecified atom stereocenters. The highest BCUT2D eigenvalue weighted by molar-refractivity contribution is 5.54. The molecule has 5 nitrogen and oxygen atoms in total. The molecule has 0 radical (unpaired) electrons. The Kier molecular flexibility index (Phi) is 4.09. The van der Waals surface area contributed by atoms with Gasteiger partial charge in [-0.2, -0.15) is 5.26 Å². The van der Waals surface area contributed by atoms with E-state index in [1.165, 1.54) is 6.07 Å². The number of benzene rings is 1. The van der Waals surface area contributed by atoms with Crippen LogP contribution in [-0.2, 0) is 13.0 Å². The Bertz CT molecular complexity index is 995. The predicted molar refractivity (Wildman–Crippen MR) is 90.2 cm³/mol. The van der Waals surface area contributed by atoms with Gasteiger partial charge >= 0.3 is 0 Å². The first-order valence-corrected chi connectivity index (χ1v) is 8.20. The number of halogens is 2. The maximum absolute atomic E-state index is 13.8. The number of pyridine rings is 1. The molecule has 0 spiro atoms. The number of hydrogen-bond donors (Lipinski definition) is 0. The quantitative estimate of drug-likeness (QED) is 0.701. The number of aryl methyl sites for hydroxylation is 1. The molecule has 0 fully saturated rings. The van der Waals surface area contributed by atoms with Crippen molar-refractivity contribution in [3.05, 3.63) is 65.2 Å².